The first-order chi connectivity index (χ1) is 13.9. The second-order valence-electron chi connectivity index (χ2n) is 6.77. The van der Waals surface area contributed by atoms with Crippen LogP contribution in [0.3, 0.4) is 0 Å². The average Bonchev–Trinajstić information content (AvgIpc) is 2.65. The molecule has 31 heavy (non-hydrogen) atoms. The number of aliphatic hydroxyl groups excluding tert-OH is 6. The first-order valence-electron chi connectivity index (χ1n) is 8.70. The molecule has 0 saturated carbocycles. The molecular weight excluding hydrogens is 461 g/mol. The van der Waals surface area contributed by atoms with E-state index in [0.29, 0.717) is 0 Å². The summed E-state index contributed by atoms with van der Waals surface area (Å²) < 4.78 is 51.5. The molecule has 0 spiro atoms. The van der Waals surface area contributed by atoms with E-state index in [1.807, 2.05) is 0 Å². The molecule has 15 nitrogen and oxygen atoms in total. The van der Waals surface area contributed by atoms with E-state index < -0.39 is 90.9 Å². The molecule has 0 radical (unpaired) electrons. The first-order valence-corrected chi connectivity index (χ1v) is 10.0. The minimum atomic E-state index is -5.16. The Kier molecular flexibility index (Phi) is 11.1. The van der Waals surface area contributed by atoms with Crippen LogP contribution in [0.1, 0.15) is 6.92 Å². The van der Waals surface area contributed by atoms with Crippen molar-refractivity contribution >= 4 is 16.3 Å². The van der Waals surface area contributed by atoms with E-state index in [4.69, 9.17) is 14.2 Å². The third-order valence-electron chi connectivity index (χ3n) is 4.58. The molecule has 0 aromatic heterocycles. The van der Waals surface area contributed by atoms with Crippen molar-refractivity contribution in [2.24, 2.45) is 0 Å². The maximum absolute atomic E-state index is 11.5. The van der Waals surface area contributed by atoms with E-state index in [1.165, 1.54) is 0 Å². The van der Waals surface area contributed by atoms with Crippen molar-refractivity contribution in [1.29, 1.82) is 0 Å². The van der Waals surface area contributed by atoms with Gasteiger partial charge >= 0.3 is 29.6 Å². The van der Waals surface area contributed by atoms with Crippen LogP contribution in [-0.2, 0) is 33.6 Å². The number of rotatable bonds is 7. The molecule has 17 heteroatoms. The number of hydrogen-bond acceptors (Lipinski definition) is 14. The van der Waals surface area contributed by atoms with Gasteiger partial charge in [0.05, 0.1) is 13.2 Å². The summed E-state index contributed by atoms with van der Waals surface area (Å²) in [4.78, 5) is 11.5. The van der Waals surface area contributed by atoms with Crippen molar-refractivity contribution in [2.45, 2.75) is 68.3 Å². The summed E-state index contributed by atoms with van der Waals surface area (Å²) in [5, 5.41) is 61.9. The average molecular weight is 485 g/mol. The van der Waals surface area contributed by atoms with Gasteiger partial charge in [-0.15, -0.1) is 0 Å². The summed E-state index contributed by atoms with van der Waals surface area (Å²) >= 11 is 0. The Morgan fingerprint density at radius 3 is 2.16 bits per heavy atom. The molecule has 0 aliphatic carbocycles. The van der Waals surface area contributed by atoms with E-state index >= 15 is 0 Å². The Morgan fingerprint density at radius 2 is 1.65 bits per heavy atom. The van der Waals surface area contributed by atoms with E-state index in [0.717, 1.165) is 6.92 Å². The van der Waals surface area contributed by atoms with Crippen LogP contribution in [0.4, 0.5) is 0 Å². The Morgan fingerprint density at radius 1 is 1.03 bits per heavy atom. The molecule has 0 aromatic carbocycles. The largest absolute Gasteiger partial charge is 1.00 e. The van der Waals surface area contributed by atoms with Crippen LogP contribution in [0.2, 0.25) is 0 Å². The van der Waals surface area contributed by atoms with E-state index in [1.54, 1.807) is 0 Å². The predicted octanol–water partition coefficient (Wildman–Crippen LogP) is -8.76. The van der Waals surface area contributed by atoms with Crippen LogP contribution in [-0.4, -0.2) is 124 Å². The molecule has 1 amide bonds. The number of ether oxygens (including phenoxy) is 3. The monoisotopic (exact) mass is 485 g/mol. The summed E-state index contributed by atoms with van der Waals surface area (Å²) in [6.45, 7) is -0.703. The van der Waals surface area contributed by atoms with Crippen LogP contribution in [0.5, 0.6) is 0 Å². The van der Waals surface area contributed by atoms with Crippen LogP contribution < -0.4 is 34.9 Å². The Labute approximate surface area is 199 Å². The topological polar surface area (TPSA) is 245 Å². The van der Waals surface area contributed by atoms with Gasteiger partial charge in [-0.25, -0.2) is 8.42 Å². The van der Waals surface area contributed by atoms with Crippen molar-refractivity contribution in [1.82, 2.24) is 5.32 Å². The van der Waals surface area contributed by atoms with Gasteiger partial charge in [-0.2, -0.15) is 0 Å². The van der Waals surface area contributed by atoms with Crippen molar-refractivity contribution in [2.75, 3.05) is 13.2 Å². The number of hydrogen-bond donors (Lipinski definition) is 7. The number of carbonyl (C=O) groups excluding carboxylic acids is 1. The Hall–Kier alpha value is -0.0200. The van der Waals surface area contributed by atoms with Gasteiger partial charge in [0.1, 0.15) is 48.8 Å². The van der Waals surface area contributed by atoms with E-state index in [-0.39, 0.29) is 29.6 Å². The van der Waals surface area contributed by atoms with Gasteiger partial charge in [0.15, 0.2) is 12.6 Å². The van der Waals surface area contributed by atoms with E-state index in [2.05, 4.69) is 9.50 Å². The predicted molar refractivity (Wildman–Crippen MR) is 88.8 cm³/mol. The molecule has 2 fully saturated rings. The molecule has 2 rings (SSSR count). The van der Waals surface area contributed by atoms with Crippen LogP contribution >= 0.6 is 0 Å². The number of aliphatic hydroxyl groups is 6. The minimum Gasteiger partial charge on any atom is -0.726 e. The quantitative estimate of drug-likeness (QED) is 0.101. The zero-order valence-electron chi connectivity index (χ0n) is 16.5. The van der Waals surface area contributed by atoms with Gasteiger partial charge in [-0.1, -0.05) is 0 Å². The molecule has 10 unspecified atom stereocenters. The number of amides is 1. The molecule has 7 N–H and O–H groups in total. The molecule has 2 heterocycles. The summed E-state index contributed by atoms with van der Waals surface area (Å²) in [5.41, 5.74) is 0. The van der Waals surface area contributed by atoms with Crippen molar-refractivity contribution < 1.29 is 96.4 Å². The van der Waals surface area contributed by atoms with Crippen LogP contribution in [0.15, 0.2) is 0 Å². The van der Waals surface area contributed by atoms with Gasteiger partial charge in [0.2, 0.25) is 16.3 Å². The zero-order chi connectivity index (χ0) is 22.8. The van der Waals surface area contributed by atoms with Crippen molar-refractivity contribution in [3.8, 4) is 0 Å². The molecule has 176 valence electrons. The third kappa shape index (κ3) is 7.49. The van der Waals surface area contributed by atoms with Crippen LogP contribution in [0.25, 0.3) is 0 Å². The number of nitrogens with one attached hydrogen (secondary N) is 1. The Balaban J connectivity index is 0.00000480. The standard InChI is InChI=1S/C14H25NO14S.Na/c1-4(17)15-7-12(9(19)6(27-13(7)22)3-26-30(23,24)25)29-14-11(21)10(20)8(18)5(2-16)28-14;/h5-14,16,18-22H,2-3H2,1H3,(H,15,17)(H,23,24,25);/q;+1/p-1. The fourth-order valence-electron chi connectivity index (χ4n) is 3.11. The molecule has 0 bridgehead atoms. The Bertz CT molecular complexity index is 694. The maximum atomic E-state index is 11.5. The second kappa shape index (κ2) is 11.9. The molecule has 2 aliphatic heterocycles. The fraction of sp³-hybridized carbons (Fsp3) is 0.929. The smallest absolute Gasteiger partial charge is 0.726 e. The summed E-state index contributed by atoms with van der Waals surface area (Å²) in [6.07, 6.45) is -15.5. The normalized spacial score (nSPS) is 41.3. The maximum Gasteiger partial charge on any atom is 1.00 e. The SMILES string of the molecule is CC(=O)NC1C(O)OC(COS(=O)(=O)[O-])C(O)C1OC1OC(CO)C(O)C(O)C1O.[Na+]. The molecular formula is C14H24NNaO14S. The summed E-state index contributed by atoms with van der Waals surface area (Å²) in [5.74, 6) is -0.686. The molecule has 2 aliphatic rings. The van der Waals surface area contributed by atoms with Gasteiger partial charge < -0.3 is 54.7 Å². The zero-order valence-corrected chi connectivity index (χ0v) is 19.4. The third-order valence-corrected chi connectivity index (χ3v) is 5.00. The van der Waals surface area contributed by atoms with Crippen LogP contribution in [0, 0.1) is 0 Å². The van der Waals surface area contributed by atoms with Gasteiger partial charge in [-0.3, -0.25) is 8.98 Å². The van der Waals surface area contributed by atoms with Crippen molar-refractivity contribution in [3.63, 3.8) is 0 Å². The first kappa shape index (κ1) is 29.0. The molecule has 0 aromatic rings. The van der Waals surface area contributed by atoms with Gasteiger partial charge in [-0.05, 0) is 0 Å². The number of carbonyl (C=O) groups is 1. The van der Waals surface area contributed by atoms with Gasteiger partial charge in [0, 0.05) is 6.92 Å². The molecule has 2 saturated heterocycles. The minimum absolute atomic E-state index is 0. The fourth-order valence-corrected chi connectivity index (χ4v) is 3.41. The van der Waals surface area contributed by atoms with E-state index in [9.17, 15) is 48.4 Å². The molecule has 10 atom stereocenters. The second-order valence-corrected chi connectivity index (χ2v) is 7.82. The van der Waals surface area contributed by atoms with Gasteiger partial charge in [0.25, 0.3) is 0 Å². The summed E-state index contributed by atoms with van der Waals surface area (Å²) in [7, 11) is -5.16. The summed E-state index contributed by atoms with van der Waals surface area (Å²) in [6, 6.07) is -1.47. The van der Waals surface area contributed by atoms with Crippen molar-refractivity contribution in [3.05, 3.63) is 0 Å².